The zero-order valence-corrected chi connectivity index (χ0v) is 11.0. The highest BCUT2D eigenvalue weighted by Crippen LogP contribution is 2.29. The molecule has 0 atom stereocenters. The first kappa shape index (κ1) is 14.3. The molecule has 0 radical (unpaired) electrons. The summed E-state index contributed by atoms with van der Waals surface area (Å²) in [5, 5.41) is 31.5. The molecule has 0 fully saturated rings. The van der Waals surface area contributed by atoms with E-state index < -0.39 is 22.8 Å². The van der Waals surface area contributed by atoms with E-state index in [1.54, 1.807) is 27.7 Å². The van der Waals surface area contributed by atoms with E-state index in [4.69, 9.17) is 0 Å². The van der Waals surface area contributed by atoms with Crippen LogP contribution in [0.2, 0.25) is 0 Å². The Balaban J connectivity index is 3.00. The van der Waals surface area contributed by atoms with Gasteiger partial charge < -0.3 is 20.6 Å². The van der Waals surface area contributed by atoms with Gasteiger partial charge in [0.2, 0.25) is 0 Å². The van der Waals surface area contributed by atoms with Gasteiger partial charge in [-0.3, -0.25) is 4.79 Å². The van der Waals surface area contributed by atoms with Crippen molar-refractivity contribution in [2.24, 2.45) is 0 Å². The van der Waals surface area contributed by atoms with E-state index in [-0.39, 0.29) is 11.3 Å². The first-order valence-electron chi connectivity index (χ1n) is 5.62. The molecule has 18 heavy (non-hydrogen) atoms. The summed E-state index contributed by atoms with van der Waals surface area (Å²) < 4.78 is 0. The third-order valence-corrected chi connectivity index (χ3v) is 3.21. The number of phenols is 2. The highest BCUT2D eigenvalue weighted by atomic mass is 16.3. The second-order valence-electron chi connectivity index (χ2n) is 5.31. The molecule has 0 spiro atoms. The van der Waals surface area contributed by atoms with Crippen LogP contribution < -0.4 is 5.32 Å². The fourth-order valence-corrected chi connectivity index (χ4v) is 1.22. The Morgan fingerprint density at radius 3 is 2.22 bits per heavy atom. The number of carbonyl (C=O) groups is 1. The molecule has 0 saturated heterocycles. The van der Waals surface area contributed by atoms with Crippen LogP contribution in [0.4, 0.5) is 0 Å². The maximum absolute atomic E-state index is 12.0. The fraction of sp³-hybridized carbons (Fsp3) is 0.462. The van der Waals surface area contributed by atoms with Crippen LogP contribution in [-0.2, 0) is 0 Å². The number of carbonyl (C=O) groups excluding carboxylic acids is 1. The van der Waals surface area contributed by atoms with Gasteiger partial charge in [-0.2, -0.15) is 0 Å². The van der Waals surface area contributed by atoms with Gasteiger partial charge in [-0.05, 0) is 39.8 Å². The van der Waals surface area contributed by atoms with Crippen molar-refractivity contribution in [3.63, 3.8) is 0 Å². The van der Waals surface area contributed by atoms with Gasteiger partial charge >= 0.3 is 0 Å². The molecule has 1 rings (SSSR count). The summed E-state index contributed by atoms with van der Waals surface area (Å²) >= 11 is 0. The number of para-hydroxylation sites is 1. The lowest BCUT2D eigenvalue weighted by atomic mass is 9.85. The van der Waals surface area contributed by atoms with Gasteiger partial charge in [0, 0.05) is 0 Å². The quantitative estimate of drug-likeness (QED) is 0.613. The van der Waals surface area contributed by atoms with E-state index in [0.717, 1.165) is 0 Å². The summed E-state index contributed by atoms with van der Waals surface area (Å²) in [6, 6.07) is 4.14. The van der Waals surface area contributed by atoms with Crippen LogP contribution in [0, 0.1) is 0 Å². The molecule has 0 aliphatic heterocycles. The second kappa shape index (κ2) is 4.49. The fourth-order valence-electron chi connectivity index (χ4n) is 1.22. The predicted octanol–water partition coefficient (Wildman–Crippen LogP) is 1.38. The molecule has 1 aromatic carbocycles. The molecular formula is C13H19NO4. The van der Waals surface area contributed by atoms with Crippen LogP contribution in [-0.4, -0.2) is 32.4 Å². The SMILES string of the molecule is CC(C)(O)C(C)(C)NC(=O)c1cccc(O)c1O. The molecule has 5 nitrogen and oxygen atoms in total. The van der Waals surface area contributed by atoms with Gasteiger partial charge in [-0.15, -0.1) is 0 Å². The van der Waals surface area contributed by atoms with Crippen molar-refractivity contribution in [1.82, 2.24) is 5.32 Å². The maximum atomic E-state index is 12.0. The number of rotatable bonds is 3. The van der Waals surface area contributed by atoms with E-state index in [9.17, 15) is 20.1 Å². The van der Waals surface area contributed by atoms with Crippen LogP contribution in [0.25, 0.3) is 0 Å². The molecule has 0 aliphatic carbocycles. The third kappa shape index (κ3) is 2.73. The Bertz CT molecular complexity index is 461. The van der Waals surface area contributed by atoms with Crippen LogP contribution in [0.1, 0.15) is 38.1 Å². The monoisotopic (exact) mass is 253 g/mol. The highest BCUT2D eigenvalue weighted by molar-refractivity contribution is 5.98. The zero-order chi connectivity index (χ0) is 14.1. The number of hydrogen-bond donors (Lipinski definition) is 4. The maximum Gasteiger partial charge on any atom is 0.255 e. The van der Waals surface area contributed by atoms with Crippen molar-refractivity contribution in [2.45, 2.75) is 38.8 Å². The lowest BCUT2D eigenvalue weighted by Crippen LogP contribution is -2.57. The zero-order valence-electron chi connectivity index (χ0n) is 11.0. The summed E-state index contributed by atoms with van der Waals surface area (Å²) in [5.74, 6) is -1.39. The summed E-state index contributed by atoms with van der Waals surface area (Å²) in [4.78, 5) is 12.0. The average molecular weight is 253 g/mol. The van der Waals surface area contributed by atoms with Crippen molar-refractivity contribution < 1.29 is 20.1 Å². The van der Waals surface area contributed by atoms with Gasteiger partial charge in [0.1, 0.15) is 0 Å². The predicted molar refractivity (Wildman–Crippen MR) is 67.6 cm³/mol. The minimum absolute atomic E-state index is 0.0349. The second-order valence-corrected chi connectivity index (χ2v) is 5.31. The number of aliphatic hydroxyl groups is 1. The largest absolute Gasteiger partial charge is 0.504 e. The molecule has 0 saturated carbocycles. The van der Waals surface area contributed by atoms with E-state index in [2.05, 4.69) is 5.32 Å². The number of benzene rings is 1. The van der Waals surface area contributed by atoms with E-state index in [0.29, 0.717) is 0 Å². The molecule has 1 amide bonds. The Morgan fingerprint density at radius 1 is 1.17 bits per heavy atom. The number of amides is 1. The van der Waals surface area contributed by atoms with Crippen LogP contribution in [0.5, 0.6) is 11.5 Å². The topological polar surface area (TPSA) is 89.8 Å². The van der Waals surface area contributed by atoms with Crippen LogP contribution in [0.3, 0.4) is 0 Å². The number of nitrogens with one attached hydrogen (secondary N) is 1. The average Bonchev–Trinajstić information content (AvgIpc) is 2.19. The van der Waals surface area contributed by atoms with E-state index >= 15 is 0 Å². The Morgan fingerprint density at radius 2 is 1.72 bits per heavy atom. The van der Waals surface area contributed by atoms with Gasteiger partial charge in [-0.1, -0.05) is 6.07 Å². The molecule has 0 bridgehead atoms. The minimum Gasteiger partial charge on any atom is -0.504 e. The van der Waals surface area contributed by atoms with Crippen molar-refractivity contribution in [1.29, 1.82) is 0 Å². The van der Waals surface area contributed by atoms with Crippen molar-refractivity contribution in [2.75, 3.05) is 0 Å². The normalized spacial score (nSPS) is 12.3. The van der Waals surface area contributed by atoms with Crippen LogP contribution in [0.15, 0.2) is 18.2 Å². The highest BCUT2D eigenvalue weighted by Gasteiger charge is 2.37. The van der Waals surface area contributed by atoms with Gasteiger partial charge in [0.05, 0.1) is 16.7 Å². The van der Waals surface area contributed by atoms with Gasteiger partial charge in [0.15, 0.2) is 11.5 Å². The summed E-state index contributed by atoms with van der Waals surface area (Å²) in [6.45, 7) is 6.50. The number of phenolic OH excluding ortho intramolecular Hbond substituents is 2. The molecule has 0 unspecified atom stereocenters. The summed E-state index contributed by atoms with van der Waals surface area (Å²) in [7, 11) is 0. The smallest absolute Gasteiger partial charge is 0.255 e. The third-order valence-electron chi connectivity index (χ3n) is 3.21. The molecule has 4 N–H and O–H groups in total. The van der Waals surface area contributed by atoms with Crippen molar-refractivity contribution >= 4 is 5.91 Å². The first-order valence-corrected chi connectivity index (χ1v) is 5.62. The molecule has 1 aromatic rings. The van der Waals surface area contributed by atoms with Crippen molar-refractivity contribution in [3.8, 4) is 11.5 Å². The number of aromatic hydroxyl groups is 2. The molecule has 0 aromatic heterocycles. The molecule has 0 aliphatic rings. The summed E-state index contributed by atoms with van der Waals surface area (Å²) in [6.07, 6.45) is 0. The first-order chi connectivity index (χ1) is 8.06. The van der Waals surface area contributed by atoms with Crippen molar-refractivity contribution in [3.05, 3.63) is 23.8 Å². The summed E-state index contributed by atoms with van der Waals surface area (Å²) in [5.41, 5.74) is -2.05. The standard InChI is InChI=1S/C13H19NO4/c1-12(2,13(3,4)18)14-11(17)8-6-5-7-9(15)10(8)16/h5-7,15-16,18H,1-4H3,(H,14,17). The Kier molecular flexibility index (Phi) is 3.57. The molecule has 100 valence electrons. The lowest BCUT2D eigenvalue weighted by Gasteiger charge is -2.38. The van der Waals surface area contributed by atoms with E-state index in [1.807, 2.05) is 0 Å². The Labute approximate surface area is 106 Å². The lowest BCUT2D eigenvalue weighted by molar-refractivity contribution is -0.00298. The van der Waals surface area contributed by atoms with Gasteiger partial charge in [-0.25, -0.2) is 0 Å². The van der Waals surface area contributed by atoms with Gasteiger partial charge in [0.25, 0.3) is 5.91 Å². The molecule has 0 heterocycles. The molecular weight excluding hydrogens is 234 g/mol. The van der Waals surface area contributed by atoms with Crippen LogP contribution >= 0.6 is 0 Å². The number of hydrogen-bond acceptors (Lipinski definition) is 4. The molecule has 5 heteroatoms. The van der Waals surface area contributed by atoms with E-state index in [1.165, 1.54) is 18.2 Å². The Hall–Kier alpha value is -1.75. The minimum atomic E-state index is -1.13.